The molecule has 1 N–H and O–H groups in total. The number of fused-ring (bicyclic) bond motifs is 1. The second kappa shape index (κ2) is 11.0. The van der Waals surface area contributed by atoms with E-state index in [1.54, 1.807) is 25.4 Å². The number of carboxylic acid groups (broad SMARTS) is 1. The largest absolute Gasteiger partial charge is 0.550 e. The van der Waals surface area contributed by atoms with Gasteiger partial charge in [0.1, 0.15) is 11.9 Å². The highest BCUT2D eigenvalue weighted by atomic mass is 16.5. The molecule has 1 saturated heterocycles. The number of aryl methyl sites for hydroxylation is 1. The zero-order valence-corrected chi connectivity index (χ0v) is 23.1. The second-order valence-electron chi connectivity index (χ2n) is 11.7. The third-order valence-electron chi connectivity index (χ3n) is 8.13. The highest BCUT2D eigenvalue weighted by molar-refractivity contribution is 5.69. The Kier molecular flexibility index (Phi) is 7.65. The summed E-state index contributed by atoms with van der Waals surface area (Å²) in [6, 6.07) is 16.0. The Morgan fingerprint density at radius 1 is 1.23 bits per heavy atom. The average molecular weight is 530 g/mol. The van der Waals surface area contributed by atoms with Crippen LogP contribution in [0.2, 0.25) is 0 Å². The van der Waals surface area contributed by atoms with Crippen LogP contribution in [0, 0.1) is 11.3 Å². The van der Waals surface area contributed by atoms with Gasteiger partial charge in [0.2, 0.25) is 5.88 Å². The summed E-state index contributed by atoms with van der Waals surface area (Å²) in [5, 5.41) is 21.8. The molecule has 0 aliphatic carbocycles. The van der Waals surface area contributed by atoms with Gasteiger partial charge >= 0.3 is 0 Å². The highest BCUT2D eigenvalue weighted by Gasteiger charge is 2.30. The summed E-state index contributed by atoms with van der Waals surface area (Å²) >= 11 is 0. The number of carbonyl (C=O) groups is 1. The van der Waals surface area contributed by atoms with Gasteiger partial charge in [0.15, 0.2) is 0 Å². The molecule has 0 radical (unpaired) electrons. The summed E-state index contributed by atoms with van der Waals surface area (Å²) in [6.45, 7) is 9.07. The van der Waals surface area contributed by atoms with Crippen LogP contribution in [-0.2, 0) is 17.8 Å². The SMILES string of the molecule is COc1cc(-c2ccc(C3CCc4ccc([C@H](O)[C@H](C)C(=O)[O-])cc4O3)cc2CN2CCC(C)(C)C2)ccn1. The van der Waals surface area contributed by atoms with E-state index in [0.717, 1.165) is 54.7 Å². The van der Waals surface area contributed by atoms with Crippen molar-refractivity contribution < 1.29 is 24.5 Å². The third-order valence-corrected chi connectivity index (χ3v) is 8.13. The van der Waals surface area contributed by atoms with Crippen LogP contribution < -0.4 is 14.6 Å². The fraction of sp³-hybridized carbons (Fsp3) is 0.438. The first-order valence-electron chi connectivity index (χ1n) is 13.7. The molecule has 1 fully saturated rings. The smallest absolute Gasteiger partial charge is 0.213 e. The Bertz CT molecular complexity index is 1350. The maximum atomic E-state index is 11.3. The Hall–Kier alpha value is -3.42. The number of rotatable bonds is 8. The fourth-order valence-electron chi connectivity index (χ4n) is 5.74. The average Bonchev–Trinajstić information content (AvgIpc) is 3.29. The van der Waals surface area contributed by atoms with Crippen molar-refractivity contribution in [2.24, 2.45) is 11.3 Å². The van der Waals surface area contributed by atoms with E-state index in [1.807, 2.05) is 18.2 Å². The van der Waals surface area contributed by atoms with E-state index < -0.39 is 18.0 Å². The Balaban J connectivity index is 1.45. The number of hydrogen-bond acceptors (Lipinski definition) is 7. The van der Waals surface area contributed by atoms with Crippen LogP contribution in [0.25, 0.3) is 11.1 Å². The van der Waals surface area contributed by atoms with Crippen LogP contribution in [0.4, 0.5) is 0 Å². The molecule has 7 nitrogen and oxygen atoms in total. The number of benzene rings is 2. The molecule has 3 heterocycles. The standard InChI is InChI=1S/C32H38N2O5/c1-20(31(36)37)30(35)24-6-5-21-8-10-27(39-28(21)16-24)23-7-9-26(22-11-13-33-29(17-22)38-4)25(15-23)18-34-14-12-32(2,3)19-34/h5-7,9,11,13,15-17,20,27,30,35H,8,10,12,14,18-19H2,1-4H3,(H,36,37)/p-1/t20-,27?,30+/m0/s1. The lowest BCUT2D eigenvalue weighted by atomic mass is 9.91. The number of aromatic nitrogens is 1. The van der Waals surface area contributed by atoms with Gasteiger partial charge in [0.25, 0.3) is 0 Å². The second-order valence-corrected chi connectivity index (χ2v) is 11.7. The molecule has 39 heavy (non-hydrogen) atoms. The number of ether oxygens (including phenoxy) is 2. The number of nitrogens with zero attached hydrogens (tertiary/aromatic N) is 2. The number of aliphatic carboxylic acids is 1. The van der Waals surface area contributed by atoms with Crippen LogP contribution in [0.5, 0.6) is 11.6 Å². The molecule has 3 atom stereocenters. The Labute approximate surface area is 230 Å². The molecule has 0 spiro atoms. The maximum Gasteiger partial charge on any atom is 0.213 e. The summed E-state index contributed by atoms with van der Waals surface area (Å²) in [5.41, 5.74) is 6.45. The van der Waals surface area contributed by atoms with E-state index in [9.17, 15) is 15.0 Å². The first kappa shape index (κ1) is 27.2. The molecule has 0 bridgehead atoms. The van der Waals surface area contributed by atoms with Crippen molar-refractivity contribution in [2.75, 3.05) is 20.2 Å². The van der Waals surface area contributed by atoms with Gasteiger partial charge in [-0.2, -0.15) is 0 Å². The van der Waals surface area contributed by atoms with E-state index in [-0.39, 0.29) is 6.10 Å². The van der Waals surface area contributed by atoms with E-state index >= 15 is 0 Å². The van der Waals surface area contributed by atoms with Gasteiger partial charge in [-0.3, -0.25) is 4.90 Å². The van der Waals surface area contributed by atoms with Gasteiger partial charge in [-0.1, -0.05) is 51.1 Å². The van der Waals surface area contributed by atoms with Crippen LogP contribution >= 0.6 is 0 Å². The lowest BCUT2D eigenvalue weighted by Gasteiger charge is -2.29. The van der Waals surface area contributed by atoms with Crippen molar-refractivity contribution in [2.45, 2.75) is 58.8 Å². The third kappa shape index (κ3) is 5.94. The molecule has 206 valence electrons. The van der Waals surface area contributed by atoms with Gasteiger partial charge < -0.3 is 24.5 Å². The van der Waals surface area contributed by atoms with Crippen molar-refractivity contribution in [1.82, 2.24) is 9.88 Å². The minimum absolute atomic E-state index is 0.141. The van der Waals surface area contributed by atoms with Gasteiger partial charge in [-0.15, -0.1) is 0 Å². The zero-order valence-electron chi connectivity index (χ0n) is 23.1. The number of aliphatic hydroxyl groups excluding tert-OH is 1. The molecule has 2 aromatic carbocycles. The molecule has 1 unspecified atom stereocenters. The lowest BCUT2D eigenvalue weighted by Crippen LogP contribution is -2.33. The highest BCUT2D eigenvalue weighted by Crippen LogP contribution is 2.39. The predicted octanol–water partition coefficient (Wildman–Crippen LogP) is 4.47. The molecule has 1 aromatic heterocycles. The van der Waals surface area contributed by atoms with Crippen molar-refractivity contribution in [3.63, 3.8) is 0 Å². The zero-order chi connectivity index (χ0) is 27.7. The number of methoxy groups -OCH3 is 1. The fourth-order valence-corrected chi connectivity index (χ4v) is 5.74. The number of carbonyl (C=O) groups excluding carboxylic acids is 1. The molecule has 2 aliphatic heterocycles. The first-order chi connectivity index (χ1) is 18.6. The Morgan fingerprint density at radius 2 is 2.05 bits per heavy atom. The number of pyridine rings is 1. The molecular weight excluding hydrogens is 492 g/mol. The summed E-state index contributed by atoms with van der Waals surface area (Å²) in [4.78, 5) is 18.1. The lowest BCUT2D eigenvalue weighted by molar-refractivity contribution is -0.313. The summed E-state index contributed by atoms with van der Waals surface area (Å²) in [6.07, 6.45) is 3.34. The number of aliphatic hydroxyl groups is 1. The molecule has 0 amide bonds. The number of carboxylic acids is 1. The number of hydrogen-bond donors (Lipinski definition) is 1. The van der Waals surface area contributed by atoms with Crippen LogP contribution in [0.15, 0.2) is 54.7 Å². The van der Waals surface area contributed by atoms with Crippen molar-refractivity contribution >= 4 is 5.97 Å². The summed E-state index contributed by atoms with van der Waals surface area (Å²) in [5.74, 6) is -1.01. The topological polar surface area (TPSA) is 95.0 Å². The van der Waals surface area contributed by atoms with Crippen molar-refractivity contribution in [1.29, 1.82) is 0 Å². The minimum atomic E-state index is -1.28. The van der Waals surface area contributed by atoms with E-state index in [1.165, 1.54) is 18.9 Å². The van der Waals surface area contributed by atoms with E-state index in [0.29, 0.717) is 22.6 Å². The van der Waals surface area contributed by atoms with Gasteiger partial charge in [0.05, 0.1) is 13.2 Å². The van der Waals surface area contributed by atoms with Crippen molar-refractivity contribution in [3.05, 3.63) is 77.0 Å². The molecular formula is C32H37N2O5-. The Morgan fingerprint density at radius 3 is 2.77 bits per heavy atom. The molecule has 3 aromatic rings. The van der Waals surface area contributed by atoms with Crippen LogP contribution in [-0.4, -0.2) is 41.2 Å². The normalized spacial score (nSPS) is 20.1. The van der Waals surface area contributed by atoms with Gasteiger partial charge in [0, 0.05) is 37.2 Å². The first-order valence-corrected chi connectivity index (χ1v) is 13.7. The van der Waals surface area contributed by atoms with Gasteiger partial charge in [-0.25, -0.2) is 4.98 Å². The molecule has 0 saturated carbocycles. The molecule has 2 aliphatic rings. The monoisotopic (exact) mass is 529 g/mol. The quantitative estimate of drug-likeness (QED) is 0.460. The van der Waals surface area contributed by atoms with E-state index in [2.05, 4.69) is 41.9 Å². The summed E-state index contributed by atoms with van der Waals surface area (Å²) in [7, 11) is 1.63. The number of likely N-dealkylation sites (tertiary alicyclic amines) is 1. The maximum absolute atomic E-state index is 11.3. The van der Waals surface area contributed by atoms with E-state index in [4.69, 9.17) is 9.47 Å². The minimum Gasteiger partial charge on any atom is -0.550 e. The molecule has 7 heteroatoms. The van der Waals surface area contributed by atoms with Crippen LogP contribution in [0.1, 0.15) is 68.1 Å². The predicted molar refractivity (Wildman–Crippen MR) is 147 cm³/mol. The van der Waals surface area contributed by atoms with Gasteiger partial charge in [-0.05, 0) is 76.7 Å². The summed E-state index contributed by atoms with van der Waals surface area (Å²) < 4.78 is 11.9. The van der Waals surface area contributed by atoms with Crippen LogP contribution in [0.3, 0.4) is 0 Å². The molecule has 5 rings (SSSR count). The van der Waals surface area contributed by atoms with Crippen molar-refractivity contribution in [3.8, 4) is 22.8 Å².